The highest BCUT2D eigenvalue weighted by molar-refractivity contribution is 5.91. The average Bonchev–Trinajstić information content (AvgIpc) is 3.46. The fourth-order valence-electron chi connectivity index (χ4n) is 3.62. The Bertz CT molecular complexity index is 1280. The van der Waals surface area contributed by atoms with E-state index in [1.165, 1.54) is 31.5 Å². The molecule has 0 radical (unpaired) electrons. The van der Waals surface area contributed by atoms with Crippen LogP contribution in [0.2, 0.25) is 0 Å². The maximum atomic E-state index is 14.2. The van der Waals surface area contributed by atoms with Crippen LogP contribution in [0.5, 0.6) is 5.75 Å². The molecular weight excluding hydrogens is 474 g/mol. The summed E-state index contributed by atoms with van der Waals surface area (Å²) < 4.78 is 61.8. The highest BCUT2D eigenvalue weighted by Crippen LogP contribution is 2.47. The molecule has 0 saturated carbocycles. The normalized spacial score (nSPS) is 18.9. The van der Waals surface area contributed by atoms with E-state index >= 15 is 0 Å². The average molecular weight is 493 g/mol. The number of halogens is 4. The SMILES string of the molecule is C[C@]1(C(N)=O)COc2c1cc(C(O)(CNC(=O)c1ncc[nH]1)C(F)(F)F)nc2-c1ccc(F)cc1. The number of hydrogen-bond donors (Lipinski definition) is 4. The summed E-state index contributed by atoms with van der Waals surface area (Å²) in [6.07, 6.45) is -2.79. The Hall–Kier alpha value is -4.00. The predicted octanol–water partition coefficient (Wildman–Crippen LogP) is 1.93. The molecule has 0 saturated heterocycles. The van der Waals surface area contributed by atoms with Gasteiger partial charge >= 0.3 is 6.18 Å². The first kappa shape index (κ1) is 24.1. The molecule has 1 unspecified atom stereocenters. The number of aliphatic hydroxyl groups is 1. The van der Waals surface area contributed by atoms with E-state index in [1.807, 2.05) is 5.32 Å². The molecule has 1 aromatic carbocycles. The van der Waals surface area contributed by atoms with Crippen molar-refractivity contribution < 1.29 is 37.0 Å². The number of amides is 2. The Balaban J connectivity index is 1.87. The minimum Gasteiger partial charge on any atom is -0.489 e. The number of pyridine rings is 1. The third kappa shape index (κ3) is 4.07. The van der Waals surface area contributed by atoms with Crippen molar-refractivity contribution in [1.82, 2.24) is 20.3 Å². The second-order valence-electron chi connectivity index (χ2n) is 8.20. The van der Waals surface area contributed by atoms with Gasteiger partial charge in [0.2, 0.25) is 11.5 Å². The maximum Gasteiger partial charge on any atom is 0.424 e. The van der Waals surface area contributed by atoms with E-state index in [0.29, 0.717) is 0 Å². The number of hydrogen-bond acceptors (Lipinski definition) is 6. The van der Waals surface area contributed by atoms with Gasteiger partial charge in [0, 0.05) is 23.5 Å². The van der Waals surface area contributed by atoms with Crippen molar-refractivity contribution in [2.45, 2.75) is 24.1 Å². The van der Waals surface area contributed by atoms with Gasteiger partial charge in [0.05, 0.1) is 12.2 Å². The zero-order valence-corrected chi connectivity index (χ0v) is 18.1. The Labute approximate surface area is 195 Å². The summed E-state index contributed by atoms with van der Waals surface area (Å²) in [5.74, 6) is -2.76. The van der Waals surface area contributed by atoms with Crippen LogP contribution in [-0.4, -0.2) is 51.2 Å². The minimum atomic E-state index is -5.31. The number of carbonyl (C=O) groups excluding carboxylic acids is 2. The largest absolute Gasteiger partial charge is 0.489 e. The van der Waals surface area contributed by atoms with E-state index in [0.717, 1.165) is 18.2 Å². The lowest BCUT2D eigenvalue weighted by Crippen LogP contribution is -2.52. The van der Waals surface area contributed by atoms with Crippen LogP contribution in [0.15, 0.2) is 42.7 Å². The van der Waals surface area contributed by atoms with Crippen LogP contribution < -0.4 is 15.8 Å². The molecule has 9 nitrogen and oxygen atoms in total. The number of nitrogens with two attached hydrogens (primary N) is 1. The van der Waals surface area contributed by atoms with E-state index in [9.17, 15) is 32.3 Å². The van der Waals surface area contributed by atoms with Gasteiger partial charge in [0.15, 0.2) is 5.82 Å². The first-order valence-electron chi connectivity index (χ1n) is 10.2. The zero-order chi connectivity index (χ0) is 25.6. The topological polar surface area (TPSA) is 143 Å². The lowest BCUT2D eigenvalue weighted by Gasteiger charge is -2.31. The smallest absolute Gasteiger partial charge is 0.424 e. The van der Waals surface area contributed by atoms with Gasteiger partial charge in [-0.05, 0) is 37.3 Å². The molecule has 1 aliphatic rings. The van der Waals surface area contributed by atoms with Crippen LogP contribution in [0.3, 0.4) is 0 Å². The van der Waals surface area contributed by atoms with Gasteiger partial charge in [-0.2, -0.15) is 13.2 Å². The number of aromatic nitrogens is 3. The lowest BCUT2D eigenvalue weighted by atomic mass is 9.81. The third-order valence-corrected chi connectivity index (χ3v) is 5.84. The summed E-state index contributed by atoms with van der Waals surface area (Å²) in [6.45, 7) is -0.222. The molecule has 0 spiro atoms. The molecule has 35 heavy (non-hydrogen) atoms. The molecule has 13 heteroatoms. The van der Waals surface area contributed by atoms with Crippen molar-refractivity contribution in [3.8, 4) is 17.0 Å². The fourth-order valence-corrected chi connectivity index (χ4v) is 3.62. The summed E-state index contributed by atoms with van der Waals surface area (Å²) in [7, 11) is 0. The molecule has 5 N–H and O–H groups in total. The highest BCUT2D eigenvalue weighted by Gasteiger charge is 2.57. The van der Waals surface area contributed by atoms with Crippen molar-refractivity contribution in [3.05, 3.63) is 65.6 Å². The molecule has 3 heterocycles. The number of benzene rings is 1. The second kappa shape index (κ2) is 8.34. The summed E-state index contributed by atoms with van der Waals surface area (Å²) in [4.78, 5) is 34.5. The van der Waals surface area contributed by atoms with E-state index < -0.39 is 47.1 Å². The number of nitrogens with one attached hydrogen (secondary N) is 2. The molecule has 4 rings (SSSR count). The number of aromatic amines is 1. The number of H-pyrrole nitrogens is 1. The first-order chi connectivity index (χ1) is 16.4. The van der Waals surface area contributed by atoms with Gasteiger partial charge in [-0.1, -0.05) is 0 Å². The number of carbonyl (C=O) groups is 2. The van der Waals surface area contributed by atoms with E-state index in [2.05, 4.69) is 15.0 Å². The Morgan fingerprint density at radius 1 is 1.29 bits per heavy atom. The van der Waals surface area contributed by atoms with Crippen molar-refractivity contribution in [2.75, 3.05) is 13.2 Å². The number of imidazole rings is 1. The van der Waals surface area contributed by atoms with Crippen molar-refractivity contribution in [2.24, 2.45) is 5.73 Å². The Morgan fingerprint density at radius 3 is 2.54 bits per heavy atom. The van der Waals surface area contributed by atoms with Gasteiger partial charge in [-0.3, -0.25) is 9.59 Å². The third-order valence-electron chi connectivity index (χ3n) is 5.84. The summed E-state index contributed by atoms with van der Waals surface area (Å²) in [5, 5.41) is 12.9. The first-order valence-corrected chi connectivity index (χ1v) is 10.2. The number of ether oxygens (including phenoxy) is 1. The van der Waals surface area contributed by atoms with Crippen molar-refractivity contribution in [3.63, 3.8) is 0 Å². The summed E-state index contributed by atoms with van der Waals surface area (Å²) in [5.41, 5.74) is -0.649. The van der Waals surface area contributed by atoms with Gasteiger partial charge in [0.25, 0.3) is 5.91 Å². The lowest BCUT2D eigenvalue weighted by molar-refractivity contribution is -0.265. The molecule has 2 aromatic heterocycles. The second-order valence-corrected chi connectivity index (χ2v) is 8.20. The van der Waals surface area contributed by atoms with Crippen LogP contribution in [0, 0.1) is 5.82 Å². The van der Waals surface area contributed by atoms with E-state index in [4.69, 9.17) is 10.5 Å². The van der Waals surface area contributed by atoms with E-state index in [-0.39, 0.29) is 35.0 Å². The van der Waals surface area contributed by atoms with Crippen LogP contribution in [-0.2, 0) is 15.8 Å². The molecule has 0 aliphatic carbocycles. The quantitative estimate of drug-likeness (QED) is 0.387. The van der Waals surface area contributed by atoms with Crippen molar-refractivity contribution >= 4 is 11.8 Å². The Morgan fingerprint density at radius 2 is 1.97 bits per heavy atom. The monoisotopic (exact) mass is 493 g/mol. The number of nitrogens with zero attached hydrogens (tertiary/aromatic N) is 2. The van der Waals surface area contributed by atoms with Gasteiger partial charge in [0.1, 0.15) is 29.3 Å². The molecule has 2 amide bonds. The molecule has 0 bridgehead atoms. The van der Waals surface area contributed by atoms with Crippen LogP contribution >= 0.6 is 0 Å². The predicted molar refractivity (Wildman–Crippen MR) is 113 cm³/mol. The standard InChI is InChI=1S/C22H19F4N5O4/c1-20(19(27)33)10-35-16-13(20)8-14(31-15(16)11-2-4-12(23)5-3-11)21(34,22(24,25)26)9-30-18(32)17-28-6-7-29-17/h2-8,34H,9-10H2,1H3,(H2,27,33)(H,28,29)(H,30,32)/t20-,21?/m0/s1. The van der Waals surface area contributed by atoms with Crippen molar-refractivity contribution in [1.29, 1.82) is 0 Å². The Kier molecular flexibility index (Phi) is 5.75. The molecule has 184 valence electrons. The maximum absolute atomic E-state index is 14.2. The molecular formula is C22H19F4N5O4. The molecule has 3 aromatic rings. The number of primary amides is 1. The van der Waals surface area contributed by atoms with Crippen LogP contribution in [0.1, 0.15) is 28.8 Å². The van der Waals surface area contributed by atoms with Crippen LogP contribution in [0.25, 0.3) is 11.3 Å². The highest BCUT2D eigenvalue weighted by atomic mass is 19.4. The number of fused-ring (bicyclic) bond motifs is 1. The molecule has 0 fully saturated rings. The van der Waals surface area contributed by atoms with E-state index in [1.54, 1.807) is 0 Å². The van der Waals surface area contributed by atoms with Crippen LogP contribution in [0.4, 0.5) is 17.6 Å². The summed E-state index contributed by atoms with van der Waals surface area (Å²) in [6, 6.07) is 5.54. The zero-order valence-electron chi connectivity index (χ0n) is 18.1. The minimum absolute atomic E-state index is 0.0224. The van der Waals surface area contributed by atoms with Gasteiger partial charge in [-0.15, -0.1) is 0 Å². The molecule has 1 aliphatic heterocycles. The molecule has 2 atom stereocenters. The summed E-state index contributed by atoms with van der Waals surface area (Å²) >= 11 is 0. The van der Waals surface area contributed by atoms with Gasteiger partial charge in [-0.25, -0.2) is 14.4 Å². The number of alkyl halides is 3. The van der Waals surface area contributed by atoms with Gasteiger partial charge < -0.3 is 25.9 Å². The fraction of sp³-hybridized carbons (Fsp3) is 0.273. The number of rotatable bonds is 6.